The van der Waals surface area contributed by atoms with Crippen molar-refractivity contribution in [1.82, 2.24) is 10.4 Å². The number of pyridine rings is 1. The quantitative estimate of drug-likeness (QED) is 0.545. The Balaban J connectivity index is 2.41. The lowest BCUT2D eigenvalue weighted by Crippen LogP contribution is -2.29. The summed E-state index contributed by atoms with van der Waals surface area (Å²) in [7, 11) is 0. The molecular weight excluding hydrogens is 126 g/mol. The molecule has 10 heavy (non-hydrogen) atoms. The highest BCUT2D eigenvalue weighted by atomic mass is 15.4. The molecule has 1 aromatic rings. The van der Waals surface area contributed by atoms with Gasteiger partial charge in [0.1, 0.15) is 0 Å². The third kappa shape index (κ3) is 0.844. The molecule has 1 aliphatic heterocycles. The number of rotatable bonds is 0. The number of hydrogen-bond donors (Lipinski definition) is 2. The first-order chi connectivity index (χ1) is 4.97. The fourth-order valence-corrected chi connectivity index (χ4v) is 1.11. The molecule has 0 unspecified atom stereocenters. The van der Waals surface area contributed by atoms with E-state index in [4.69, 9.17) is 0 Å². The van der Waals surface area contributed by atoms with Crippen LogP contribution in [0.4, 0.5) is 5.69 Å². The van der Waals surface area contributed by atoms with E-state index in [1.54, 1.807) is 0 Å². The maximum absolute atomic E-state index is 4.00. The lowest BCUT2D eigenvalue weighted by Gasteiger charge is -2.17. The second kappa shape index (κ2) is 2.27. The summed E-state index contributed by atoms with van der Waals surface area (Å²) in [5, 5.41) is 0. The Morgan fingerprint density at radius 1 is 1.50 bits per heavy atom. The maximum Gasteiger partial charge on any atom is 0.0703 e. The molecule has 0 saturated heterocycles. The average molecular weight is 135 g/mol. The monoisotopic (exact) mass is 135 g/mol. The standard InChI is InChI=1S/C7H9N3/c1-3-8-5-7-6(1)2-4-9-10-7/h1,3,5,9-10H,2,4H2. The third-order valence-corrected chi connectivity index (χ3v) is 1.65. The van der Waals surface area contributed by atoms with Crippen molar-refractivity contribution in [3.05, 3.63) is 24.0 Å². The molecule has 0 fully saturated rings. The molecule has 0 saturated carbocycles. The molecule has 1 aromatic heterocycles. The Kier molecular flexibility index (Phi) is 1.29. The fourth-order valence-electron chi connectivity index (χ4n) is 1.11. The van der Waals surface area contributed by atoms with E-state index in [1.807, 2.05) is 18.5 Å². The van der Waals surface area contributed by atoms with E-state index < -0.39 is 0 Å². The summed E-state index contributed by atoms with van der Waals surface area (Å²) in [4.78, 5) is 4.00. The van der Waals surface area contributed by atoms with Gasteiger partial charge in [-0.25, -0.2) is 5.43 Å². The van der Waals surface area contributed by atoms with Crippen LogP contribution in [0.5, 0.6) is 0 Å². The van der Waals surface area contributed by atoms with Crippen LogP contribution in [0, 0.1) is 0 Å². The van der Waals surface area contributed by atoms with Crippen LogP contribution < -0.4 is 10.9 Å². The van der Waals surface area contributed by atoms with Gasteiger partial charge in [-0.3, -0.25) is 4.98 Å². The Morgan fingerprint density at radius 2 is 2.50 bits per heavy atom. The molecule has 0 aliphatic carbocycles. The largest absolute Gasteiger partial charge is 0.320 e. The minimum atomic E-state index is 0.997. The molecule has 0 bridgehead atoms. The first-order valence-corrected chi connectivity index (χ1v) is 3.38. The second-order valence-corrected chi connectivity index (χ2v) is 2.33. The van der Waals surface area contributed by atoms with Crippen molar-refractivity contribution in [1.29, 1.82) is 0 Å². The van der Waals surface area contributed by atoms with Gasteiger partial charge in [0.2, 0.25) is 0 Å². The van der Waals surface area contributed by atoms with Gasteiger partial charge >= 0.3 is 0 Å². The van der Waals surface area contributed by atoms with E-state index in [1.165, 1.54) is 5.56 Å². The van der Waals surface area contributed by atoms with Gasteiger partial charge in [-0.1, -0.05) is 0 Å². The lowest BCUT2D eigenvalue weighted by molar-refractivity contribution is 0.744. The third-order valence-electron chi connectivity index (χ3n) is 1.65. The number of aromatic nitrogens is 1. The fraction of sp³-hybridized carbons (Fsp3) is 0.286. The van der Waals surface area contributed by atoms with E-state index in [2.05, 4.69) is 15.8 Å². The van der Waals surface area contributed by atoms with E-state index in [-0.39, 0.29) is 0 Å². The zero-order valence-electron chi connectivity index (χ0n) is 5.59. The molecule has 1 aliphatic rings. The maximum atomic E-state index is 4.00. The molecule has 0 radical (unpaired) electrons. The molecule has 52 valence electrons. The topological polar surface area (TPSA) is 37.0 Å². The normalized spacial score (nSPS) is 15.6. The van der Waals surface area contributed by atoms with Crippen LogP contribution in [-0.2, 0) is 6.42 Å². The molecule has 2 rings (SSSR count). The van der Waals surface area contributed by atoms with Gasteiger partial charge in [0.15, 0.2) is 0 Å². The van der Waals surface area contributed by atoms with Gasteiger partial charge in [-0.05, 0) is 18.1 Å². The zero-order chi connectivity index (χ0) is 6.81. The number of fused-ring (bicyclic) bond motifs is 1. The smallest absolute Gasteiger partial charge is 0.0703 e. The van der Waals surface area contributed by atoms with Crippen molar-refractivity contribution < 1.29 is 0 Å². The van der Waals surface area contributed by atoms with Crippen LogP contribution in [0.15, 0.2) is 18.5 Å². The minimum Gasteiger partial charge on any atom is -0.320 e. The Morgan fingerprint density at radius 3 is 3.40 bits per heavy atom. The number of anilines is 1. The summed E-state index contributed by atoms with van der Waals surface area (Å²) in [5.41, 5.74) is 8.55. The van der Waals surface area contributed by atoms with Crippen molar-refractivity contribution in [3.8, 4) is 0 Å². The molecular formula is C7H9N3. The average Bonchev–Trinajstić information content (AvgIpc) is 2.05. The van der Waals surface area contributed by atoms with E-state index in [9.17, 15) is 0 Å². The summed E-state index contributed by atoms with van der Waals surface area (Å²) in [6.07, 6.45) is 4.75. The first-order valence-electron chi connectivity index (χ1n) is 3.38. The minimum absolute atomic E-state index is 0.997. The molecule has 0 amide bonds. The molecule has 2 N–H and O–H groups in total. The molecule has 0 atom stereocenters. The predicted octanol–water partition coefficient (Wildman–Crippen LogP) is 0.554. The summed E-state index contributed by atoms with van der Waals surface area (Å²) in [5.74, 6) is 0. The highest BCUT2D eigenvalue weighted by Crippen LogP contribution is 2.14. The van der Waals surface area contributed by atoms with E-state index in [0.717, 1.165) is 18.7 Å². The van der Waals surface area contributed by atoms with Crippen LogP contribution in [0.1, 0.15) is 5.56 Å². The van der Waals surface area contributed by atoms with Crippen molar-refractivity contribution in [2.45, 2.75) is 6.42 Å². The van der Waals surface area contributed by atoms with Gasteiger partial charge in [0.25, 0.3) is 0 Å². The Labute approximate surface area is 59.4 Å². The van der Waals surface area contributed by atoms with E-state index >= 15 is 0 Å². The van der Waals surface area contributed by atoms with Crippen LogP contribution >= 0.6 is 0 Å². The van der Waals surface area contributed by atoms with Crippen LogP contribution in [0.2, 0.25) is 0 Å². The van der Waals surface area contributed by atoms with Gasteiger partial charge in [-0.2, -0.15) is 0 Å². The highest BCUT2D eigenvalue weighted by Gasteiger charge is 2.05. The number of hydrazine groups is 1. The summed E-state index contributed by atoms with van der Waals surface area (Å²) in [6, 6.07) is 2.04. The molecule has 0 aromatic carbocycles. The Hall–Kier alpha value is -1.09. The van der Waals surface area contributed by atoms with Gasteiger partial charge in [0, 0.05) is 12.7 Å². The number of nitrogens with one attached hydrogen (secondary N) is 2. The molecule has 3 nitrogen and oxygen atoms in total. The van der Waals surface area contributed by atoms with Crippen molar-refractivity contribution in [2.75, 3.05) is 12.0 Å². The van der Waals surface area contributed by atoms with Crippen LogP contribution in [0.25, 0.3) is 0 Å². The summed E-state index contributed by atoms with van der Waals surface area (Å²) in [6.45, 7) is 0.997. The lowest BCUT2D eigenvalue weighted by atomic mass is 10.1. The second-order valence-electron chi connectivity index (χ2n) is 2.33. The summed E-state index contributed by atoms with van der Waals surface area (Å²) < 4.78 is 0. The predicted molar refractivity (Wildman–Crippen MR) is 39.6 cm³/mol. The van der Waals surface area contributed by atoms with Crippen molar-refractivity contribution in [2.24, 2.45) is 0 Å². The first kappa shape index (κ1) is 5.68. The molecule has 2 heterocycles. The Bertz CT molecular complexity index is 209. The number of hydrogen-bond acceptors (Lipinski definition) is 3. The highest BCUT2D eigenvalue weighted by molar-refractivity contribution is 5.49. The molecule has 0 spiro atoms. The van der Waals surface area contributed by atoms with Gasteiger partial charge in [0.05, 0.1) is 11.9 Å². The van der Waals surface area contributed by atoms with E-state index in [0.29, 0.717) is 0 Å². The van der Waals surface area contributed by atoms with Gasteiger partial charge in [-0.15, -0.1) is 0 Å². The SMILES string of the molecule is c1cc2c(cn1)NNCC2. The van der Waals surface area contributed by atoms with Crippen molar-refractivity contribution >= 4 is 5.69 Å². The van der Waals surface area contributed by atoms with Crippen molar-refractivity contribution in [3.63, 3.8) is 0 Å². The zero-order valence-corrected chi connectivity index (χ0v) is 5.59. The summed E-state index contributed by atoms with van der Waals surface area (Å²) >= 11 is 0. The van der Waals surface area contributed by atoms with Gasteiger partial charge < -0.3 is 5.43 Å². The molecule has 3 heteroatoms. The van der Waals surface area contributed by atoms with Crippen LogP contribution in [0.3, 0.4) is 0 Å². The number of nitrogens with zero attached hydrogens (tertiary/aromatic N) is 1. The van der Waals surface area contributed by atoms with Crippen LogP contribution in [-0.4, -0.2) is 11.5 Å².